The first kappa shape index (κ1) is 15.1. The maximum atomic E-state index is 11.5. The molecule has 0 aromatic carbocycles. The number of Topliss-reactive ketones (excluding diaryl/α,β-unsaturated/α-hetero) is 1. The second-order valence-electron chi connectivity index (χ2n) is 3.64. The normalized spacial score (nSPS) is 14.1. The molecule has 2 unspecified atom stereocenters. The summed E-state index contributed by atoms with van der Waals surface area (Å²) in [7, 11) is 3.24. The smallest absolute Gasteiger partial charge is 0.133 e. The zero-order valence-electron chi connectivity index (χ0n) is 10.3. The van der Waals surface area contributed by atoms with E-state index in [0.29, 0.717) is 25.7 Å². The SMILES string of the molecule is C=CC(CCC(=O)CCC(C=C)OC)OC. The van der Waals surface area contributed by atoms with E-state index in [4.69, 9.17) is 9.47 Å². The van der Waals surface area contributed by atoms with Gasteiger partial charge in [-0.2, -0.15) is 0 Å². The quantitative estimate of drug-likeness (QED) is 0.537. The van der Waals surface area contributed by atoms with E-state index in [-0.39, 0.29) is 18.0 Å². The number of rotatable bonds is 10. The van der Waals surface area contributed by atoms with Gasteiger partial charge in [0, 0.05) is 27.1 Å². The van der Waals surface area contributed by atoms with Crippen LogP contribution < -0.4 is 0 Å². The summed E-state index contributed by atoms with van der Waals surface area (Å²) in [5.74, 6) is 0.229. The van der Waals surface area contributed by atoms with Crippen molar-refractivity contribution >= 4 is 5.78 Å². The minimum atomic E-state index is -0.0263. The van der Waals surface area contributed by atoms with Crippen LogP contribution in [0.15, 0.2) is 25.3 Å². The van der Waals surface area contributed by atoms with E-state index in [1.54, 1.807) is 26.4 Å². The minimum absolute atomic E-state index is 0.0263. The van der Waals surface area contributed by atoms with Gasteiger partial charge in [0.1, 0.15) is 5.78 Å². The van der Waals surface area contributed by atoms with Crippen molar-refractivity contribution in [2.75, 3.05) is 14.2 Å². The summed E-state index contributed by atoms with van der Waals surface area (Å²) in [6.07, 6.45) is 5.83. The molecule has 2 atom stereocenters. The summed E-state index contributed by atoms with van der Waals surface area (Å²) in [5.41, 5.74) is 0. The van der Waals surface area contributed by atoms with E-state index in [0.717, 1.165) is 0 Å². The van der Waals surface area contributed by atoms with E-state index in [9.17, 15) is 4.79 Å². The molecular weight excluding hydrogens is 204 g/mol. The highest BCUT2D eigenvalue weighted by atomic mass is 16.5. The van der Waals surface area contributed by atoms with Gasteiger partial charge >= 0.3 is 0 Å². The molecule has 0 aliphatic heterocycles. The Morgan fingerprint density at radius 1 is 1.06 bits per heavy atom. The molecule has 16 heavy (non-hydrogen) atoms. The number of ether oxygens (including phenoxy) is 2. The van der Waals surface area contributed by atoms with E-state index in [2.05, 4.69) is 13.2 Å². The van der Waals surface area contributed by atoms with Crippen LogP contribution >= 0.6 is 0 Å². The van der Waals surface area contributed by atoms with E-state index in [1.165, 1.54) is 0 Å². The summed E-state index contributed by atoms with van der Waals surface area (Å²) < 4.78 is 10.2. The lowest BCUT2D eigenvalue weighted by atomic mass is 10.1. The fourth-order valence-electron chi connectivity index (χ4n) is 1.40. The number of ketones is 1. The number of methoxy groups -OCH3 is 2. The van der Waals surface area contributed by atoms with Crippen molar-refractivity contribution in [3.05, 3.63) is 25.3 Å². The number of carbonyl (C=O) groups is 1. The Bertz CT molecular complexity index is 201. The zero-order valence-corrected chi connectivity index (χ0v) is 10.3. The maximum Gasteiger partial charge on any atom is 0.133 e. The maximum absolute atomic E-state index is 11.5. The standard InChI is InChI=1S/C13H22O3/c1-5-12(15-3)9-7-11(14)8-10-13(6-2)16-4/h5-6,12-13H,1-2,7-10H2,3-4H3. The fraction of sp³-hybridized carbons (Fsp3) is 0.615. The van der Waals surface area contributed by atoms with E-state index in [1.807, 2.05) is 0 Å². The number of hydrogen-bond acceptors (Lipinski definition) is 3. The Labute approximate surface area is 98.1 Å². The van der Waals surface area contributed by atoms with Crippen molar-refractivity contribution in [2.45, 2.75) is 37.9 Å². The van der Waals surface area contributed by atoms with E-state index >= 15 is 0 Å². The van der Waals surface area contributed by atoms with Crippen LogP contribution in [0.4, 0.5) is 0 Å². The lowest BCUT2D eigenvalue weighted by Gasteiger charge is -2.11. The lowest BCUT2D eigenvalue weighted by molar-refractivity contribution is -0.120. The molecule has 3 heteroatoms. The second kappa shape index (κ2) is 9.31. The number of hydrogen-bond donors (Lipinski definition) is 0. The van der Waals surface area contributed by atoms with Gasteiger partial charge in [0.25, 0.3) is 0 Å². The average molecular weight is 226 g/mol. The molecule has 0 aliphatic rings. The van der Waals surface area contributed by atoms with Crippen LogP contribution in [0.3, 0.4) is 0 Å². The summed E-state index contributed by atoms with van der Waals surface area (Å²) >= 11 is 0. The first-order valence-corrected chi connectivity index (χ1v) is 5.50. The third kappa shape index (κ3) is 6.53. The molecule has 0 saturated heterocycles. The van der Waals surface area contributed by atoms with Gasteiger partial charge in [0.2, 0.25) is 0 Å². The zero-order chi connectivity index (χ0) is 12.4. The molecule has 0 fully saturated rings. The number of carbonyl (C=O) groups excluding carboxylic acids is 1. The highest BCUT2D eigenvalue weighted by Crippen LogP contribution is 2.08. The van der Waals surface area contributed by atoms with Gasteiger partial charge in [-0.1, -0.05) is 12.2 Å². The van der Waals surface area contributed by atoms with Crippen molar-refractivity contribution in [1.29, 1.82) is 0 Å². The molecule has 0 aromatic rings. The third-order valence-electron chi connectivity index (χ3n) is 2.55. The molecule has 0 bridgehead atoms. The third-order valence-corrected chi connectivity index (χ3v) is 2.55. The molecule has 0 N–H and O–H groups in total. The minimum Gasteiger partial charge on any atom is -0.377 e. The second-order valence-corrected chi connectivity index (χ2v) is 3.64. The molecule has 92 valence electrons. The van der Waals surface area contributed by atoms with Crippen LogP contribution in [0.25, 0.3) is 0 Å². The van der Waals surface area contributed by atoms with Gasteiger partial charge in [-0.25, -0.2) is 0 Å². The Balaban J connectivity index is 3.73. The van der Waals surface area contributed by atoms with Crippen LogP contribution in [-0.2, 0) is 14.3 Å². The first-order chi connectivity index (χ1) is 7.67. The van der Waals surface area contributed by atoms with Crippen LogP contribution in [0.2, 0.25) is 0 Å². The molecule has 3 nitrogen and oxygen atoms in total. The molecule has 0 rings (SSSR count). The highest BCUT2D eigenvalue weighted by molar-refractivity contribution is 5.78. The first-order valence-electron chi connectivity index (χ1n) is 5.50. The Kier molecular flexibility index (Phi) is 8.77. The highest BCUT2D eigenvalue weighted by Gasteiger charge is 2.09. The molecule has 0 aromatic heterocycles. The summed E-state index contributed by atoms with van der Waals surface area (Å²) in [6.45, 7) is 7.28. The Morgan fingerprint density at radius 2 is 1.44 bits per heavy atom. The fourth-order valence-corrected chi connectivity index (χ4v) is 1.40. The predicted molar refractivity (Wildman–Crippen MR) is 65.5 cm³/mol. The summed E-state index contributed by atoms with van der Waals surface area (Å²) in [6, 6.07) is 0. The van der Waals surface area contributed by atoms with Gasteiger partial charge in [-0.05, 0) is 12.8 Å². The molecule has 0 spiro atoms. The summed E-state index contributed by atoms with van der Waals surface area (Å²) in [4.78, 5) is 11.5. The molecule has 0 saturated carbocycles. The van der Waals surface area contributed by atoms with Crippen molar-refractivity contribution in [3.8, 4) is 0 Å². The molecule has 0 aliphatic carbocycles. The van der Waals surface area contributed by atoms with Crippen molar-refractivity contribution in [2.24, 2.45) is 0 Å². The summed E-state index contributed by atoms with van der Waals surface area (Å²) in [5, 5.41) is 0. The average Bonchev–Trinajstić information content (AvgIpc) is 2.31. The Hall–Kier alpha value is -0.930. The van der Waals surface area contributed by atoms with Crippen LogP contribution in [0, 0.1) is 0 Å². The monoisotopic (exact) mass is 226 g/mol. The van der Waals surface area contributed by atoms with Crippen molar-refractivity contribution < 1.29 is 14.3 Å². The van der Waals surface area contributed by atoms with Crippen molar-refractivity contribution in [1.82, 2.24) is 0 Å². The van der Waals surface area contributed by atoms with Crippen molar-refractivity contribution in [3.63, 3.8) is 0 Å². The Morgan fingerprint density at radius 3 is 1.69 bits per heavy atom. The lowest BCUT2D eigenvalue weighted by Crippen LogP contribution is -2.12. The van der Waals surface area contributed by atoms with Gasteiger partial charge in [0.15, 0.2) is 0 Å². The van der Waals surface area contributed by atoms with Gasteiger partial charge < -0.3 is 9.47 Å². The van der Waals surface area contributed by atoms with Gasteiger partial charge in [-0.3, -0.25) is 4.79 Å². The molecule has 0 heterocycles. The molecule has 0 radical (unpaired) electrons. The topological polar surface area (TPSA) is 35.5 Å². The largest absolute Gasteiger partial charge is 0.377 e. The van der Waals surface area contributed by atoms with E-state index < -0.39 is 0 Å². The van der Waals surface area contributed by atoms with Crippen LogP contribution in [0.5, 0.6) is 0 Å². The molecule has 0 amide bonds. The van der Waals surface area contributed by atoms with Crippen LogP contribution in [-0.4, -0.2) is 32.2 Å². The van der Waals surface area contributed by atoms with Gasteiger partial charge in [-0.15, -0.1) is 13.2 Å². The van der Waals surface area contributed by atoms with Gasteiger partial charge in [0.05, 0.1) is 12.2 Å². The van der Waals surface area contributed by atoms with Crippen LogP contribution in [0.1, 0.15) is 25.7 Å². The molecular formula is C13H22O3. The predicted octanol–water partition coefficient (Wildman–Crippen LogP) is 2.52.